The zero-order valence-corrected chi connectivity index (χ0v) is 28.5. The number of amidine groups is 1. The fourth-order valence-electron chi connectivity index (χ4n) is 7.09. The summed E-state index contributed by atoms with van der Waals surface area (Å²) in [5.41, 5.74) is 15.7. The van der Waals surface area contributed by atoms with E-state index in [0.29, 0.717) is 0 Å². The van der Waals surface area contributed by atoms with Crippen molar-refractivity contribution in [1.82, 2.24) is 10.3 Å². The van der Waals surface area contributed by atoms with Gasteiger partial charge in [0.2, 0.25) is 0 Å². The van der Waals surface area contributed by atoms with Gasteiger partial charge in [-0.05, 0) is 92.5 Å². The smallest absolute Gasteiger partial charge is 0.134 e. The van der Waals surface area contributed by atoms with Gasteiger partial charge in [0.25, 0.3) is 0 Å². The average molecular weight is 666 g/mol. The van der Waals surface area contributed by atoms with Crippen LogP contribution in [0.25, 0.3) is 55.8 Å². The number of rotatable bonds is 7. The first kappa shape index (κ1) is 31.2. The lowest BCUT2D eigenvalue weighted by Crippen LogP contribution is -2.32. The Morgan fingerprint density at radius 2 is 0.865 bits per heavy atom. The van der Waals surface area contributed by atoms with Gasteiger partial charge in [0, 0.05) is 22.9 Å². The fraction of sp³-hybridized carbons (Fsp3) is 0.0204. The average Bonchev–Trinajstić information content (AvgIpc) is 3.24. The highest BCUT2D eigenvalue weighted by atomic mass is 15.1. The first-order valence-electron chi connectivity index (χ1n) is 17.7. The zero-order chi connectivity index (χ0) is 34.7. The van der Waals surface area contributed by atoms with E-state index in [2.05, 4.69) is 186 Å². The number of nitrogens with zero attached hydrogens (tertiary/aromatic N) is 2. The van der Waals surface area contributed by atoms with Crippen LogP contribution in [0.2, 0.25) is 0 Å². The Bertz CT molecular complexity index is 2510. The highest BCUT2D eigenvalue weighted by molar-refractivity contribution is 6.04. The minimum absolute atomic E-state index is 0.0431. The van der Waals surface area contributed by atoms with Crippen molar-refractivity contribution in [2.45, 2.75) is 6.04 Å². The maximum Gasteiger partial charge on any atom is 0.134 e. The van der Waals surface area contributed by atoms with Crippen molar-refractivity contribution in [3.8, 4) is 55.8 Å². The van der Waals surface area contributed by atoms with Crippen LogP contribution in [0.15, 0.2) is 205 Å². The summed E-state index contributed by atoms with van der Waals surface area (Å²) in [4.78, 5) is 9.89. The van der Waals surface area contributed by atoms with Crippen molar-refractivity contribution in [2.24, 2.45) is 4.99 Å². The fourth-order valence-corrected chi connectivity index (χ4v) is 7.09. The molecule has 0 saturated heterocycles. The topological polar surface area (TPSA) is 37.3 Å². The van der Waals surface area contributed by atoms with Gasteiger partial charge in [0.15, 0.2) is 0 Å². The maximum absolute atomic E-state index is 5.33. The molecule has 2 heterocycles. The van der Waals surface area contributed by atoms with Gasteiger partial charge in [0.05, 0.1) is 17.4 Å². The van der Waals surface area contributed by atoms with Gasteiger partial charge in [-0.3, -0.25) is 4.98 Å². The lowest BCUT2D eigenvalue weighted by molar-refractivity contribution is 0.749. The van der Waals surface area contributed by atoms with E-state index >= 15 is 0 Å². The molecule has 52 heavy (non-hydrogen) atoms. The third-order valence-electron chi connectivity index (χ3n) is 9.78. The third-order valence-corrected chi connectivity index (χ3v) is 9.78. The minimum Gasteiger partial charge on any atom is -0.359 e. The monoisotopic (exact) mass is 665 g/mol. The Labute approximate surface area is 304 Å². The van der Waals surface area contributed by atoms with Crippen molar-refractivity contribution in [1.29, 1.82) is 0 Å². The van der Waals surface area contributed by atoms with E-state index in [9.17, 15) is 0 Å². The van der Waals surface area contributed by atoms with Crippen molar-refractivity contribution in [3.63, 3.8) is 0 Å². The van der Waals surface area contributed by atoms with E-state index in [-0.39, 0.29) is 6.04 Å². The van der Waals surface area contributed by atoms with Crippen molar-refractivity contribution in [3.05, 3.63) is 217 Å². The van der Waals surface area contributed by atoms with Crippen molar-refractivity contribution in [2.75, 3.05) is 0 Å². The van der Waals surface area contributed by atoms with Crippen LogP contribution in [0.5, 0.6) is 0 Å². The summed E-state index contributed by atoms with van der Waals surface area (Å²) in [6, 6.07) is 68.7. The van der Waals surface area contributed by atoms with E-state index in [1.165, 1.54) is 11.1 Å². The van der Waals surface area contributed by atoms with Gasteiger partial charge >= 0.3 is 0 Å². The predicted octanol–water partition coefficient (Wildman–Crippen LogP) is 12.2. The Morgan fingerprint density at radius 3 is 1.54 bits per heavy atom. The number of nitrogens with one attached hydrogen (secondary N) is 1. The minimum atomic E-state index is -0.0431. The van der Waals surface area contributed by atoms with Gasteiger partial charge in [-0.25, -0.2) is 4.99 Å². The summed E-state index contributed by atoms with van der Waals surface area (Å²) in [5, 5.41) is 3.85. The molecule has 0 bridgehead atoms. The number of hydrogen-bond acceptors (Lipinski definition) is 3. The predicted molar refractivity (Wildman–Crippen MR) is 215 cm³/mol. The summed E-state index contributed by atoms with van der Waals surface area (Å²) in [5.74, 6) is 0.855. The number of aliphatic imine (C=N–C) groups is 1. The van der Waals surface area contributed by atoms with E-state index in [1.807, 2.05) is 24.4 Å². The number of aromatic nitrogens is 1. The normalized spacial score (nSPS) is 13.5. The summed E-state index contributed by atoms with van der Waals surface area (Å²) in [6.07, 6.45) is 1.84. The van der Waals surface area contributed by atoms with Gasteiger partial charge in [-0.1, -0.05) is 152 Å². The molecule has 3 heteroatoms. The molecule has 1 unspecified atom stereocenters. The summed E-state index contributed by atoms with van der Waals surface area (Å²) in [6.45, 7) is 0. The lowest BCUT2D eigenvalue weighted by atomic mass is 9.91. The summed E-state index contributed by atoms with van der Waals surface area (Å²) in [7, 11) is 0. The van der Waals surface area contributed by atoms with Crippen LogP contribution in [0, 0.1) is 0 Å². The Hall–Kier alpha value is -6.84. The van der Waals surface area contributed by atoms with Crippen molar-refractivity contribution >= 4 is 11.5 Å². The standard InChI is InChI=1S/C49H35N3/c1-4-13-34(14-5-1)40-26-27-45-47(33-40)51-49(52-48(45)38-17-8-3-9-18-38)44-31-42(35-15-6-2-7-16-35)30-43(32-44)37-24-22-36(23-25-37)39-19-12-20-41(29-39)46-21-10-11-28-50-46/h1-33,48H,(H,51,52). The lowest BCUT2D eigenvalue weighted by Gasteiger charge is -2.28. The molecule has 0 amide bonds. The first-order chi connectivity index (χ1) is 25.7. The SMILES string of the molecule is c1ccc(-c2cc(C3=Nc4cc(-c5ccccc5)ccc4C(c4ccccc4)N3)cc(-c3ccc(-c4cccc(-c5ccccn5)c4)cc3)c2)cc1. The second-order valence-corrected chi connectivity index (χ2v) is 13.1. The molecule has 8 aromatic rings. The molecular weight excluding hydrogens is 631 g/mol. The van der Waals surface area contributed by atoms with Gasteiger partial charge in [0.1, 0.15) is 5.84 Å². The molecular formula is C49H35N3. The highest BCUT2D eigenvalue weighted by Gasteiger charge is 2.25. The number of pyridine rings is 1. The first-order valence-corrected chi connectivity index (χ1v) is 17.7. The number of benzene rings is 7. The van der Waals surface area contributed by atoms with Crippen LogP contribution in [-0.4, -0.2) is 10.8 Å². The molecule has 1 aromatic heterocycles. The third kappa shape index (κ3) is 6.32. The summed E-state index contributed by atoms with van der Waals surface area (Å²) >= 11 is 0. The second-order valence-electron chi connectivity index (χ2n) is 13.1. The van der Waals surface area contributed by atoms with E-state index < -0.39 is 0 Å². The Balaban J connectivity index is 1.14. The molecule has 0 saturated carbocycles. The summed E-state index contributed by atoms with van der Waals surface area (Å²) < 4.78 is 0. The van der Waals surface area contributed by atoms with Gasteiger partial charge in [-0.15, -0.1) is 0 Å². The largest absolute Gasteiger partial charge is 0.359 e. The molecule has 0 aliphatic carbocycles. The van der Waals surface area contributed by atoms with Crippen molar-refractivity contribution < 1.29 is 0 Å². The quantitative estimate of drug-likeness (QED) is 0.184. The molecule has 1 aliphatic heterocycles. The van der Waals surface area contributed by atoms with Crippen LogP contribution < -0.4 is 5.32 Å². The van der Waals surface area contributed by atoms with Gasteiger partial charge in [-0.2, -0.15) is 0 Å². The second kappa shape index (κ2) is 13.8. The molecule has 0 radical (unpaired) electrons. The van der Waals surface area contributed by atoms with Crippen LogP contribution >= 0.6 is 0 Å². The number of fused-ring (bicyclic) bond motifs is 1. The molecule has 0 fully saturated rings. The zero-order valence-electron chi connectivity index (χ0n) is 28.5. The van der Waals surface area contributed by atoms with Gasteiger partial charge < -0.3 is 5.32 Å². The molecule has 1 N–H and O–H groups in total. The molecule has 3 nitrogen and oxygen atoms in total. The van der Waals surface area contributed by atoms with E-state index in [4.69, 9.17) is 4.99 Å². The van der Waals surface area contributed by atoms with Crippen LogP contribution in [0.1, 0.15) is 22.7 Å². The van der Waals surface area contributed by atoms with Crippen LogP contribution in [-0.2, 0) is 0 Å². The Morgan fingerprint density at radius 1 is 0.365 bits per heavy atom. The number of hydrogen-bond donors (Lipinski definition) is 1. The van der Waals surface area contributed by atoms with E-state index in [0.717, 1.165) is 72.9 Å². The molecule has 246 valence electrons. The molecule has 7 aromatic carbocycles. The Kier molecular flexibility index (Phi) is 8.28. The highest BCUT2D eigenvalue weighted by Crippen LogP contribution is 2.39. The van der Waals surface area contributed by atoms with E-state index in [1.54, 1.807) is 0 Å². The maximum atomic E-state index is 5.33. The van der Waals surface area contributed by atoms with Crippen LogP contribution in [0.3, 0.4) is 0 Å². The molecule has 1 aliphatic rings. The molecule has 0 spiro atoms. The van der Waals surface area contributed by atoms with Crippen LogP contribution in [0.4, 0.5) is 5.69 Å². The molecule has 1 atom stereocenters. The molecule has 9 rings (SSSR count).